The summed E-state index contributed by atoms with van der Waals surface area (Å²) >= 11 is 0. The lowest BCUT2D eigenvalue weighted by Gasteiger charge is -2.12. The van der Waals surface area contributed by atoms with Crippen molar-refractivity contribution in [2.75, 3.05) is 7.11 Å². The third kappa shape index (κ3) is 5.05. The number of benzene rings is 3. The van der Waals surface area contributed by atoms with E-state index >= 15 is 4.39 Å². The Bertz CT molecular complexity index is 1720. The van der Waals surface area contributed by atoms with Crippen molar-refractivity contribution >= 4 is 16.7 Å². The minimum atomic E-state index is -0.610. The molecule has 0 aliphatic heterocycles. The summed E-state index contributed by atoms with van der Waals surface area (Å²) in [4.78, 5) is 31.1. The van der Waals surface area contributed by atoms with Crippen LogP contribution in [0.5, 0.6) is 17.2 Å². The quantitative estimate of drug-likeness (QED) is 0.212. The normalized spacial score (nSPS) is 11.1. The highest BCUT2D eigenvalue weighted by Crippen LogP contribution is 2.32. The number of pyridine rings is 1. The number of carbonyl (C=O) groups is 1. The molecular weight excluding hydrogens is 497 g/mol. The van der Waals surface area contributed by atoms with Crippen molar-refractivity contribution in [1.82, 2.24) is 14.3 Å². The van der Waals surface area contributed by atoms with Crippen molar-refractivity contribution < 1.29 is 18.7 Å². The SMILES string of the molecule is CCCn1c(C)c(C(=O)Cc2ccc(Oc3ccnc4cc(OC)ccc34)c(F)c2)c(=O)n1-c1ccccc1. The second-order valence-electron chi connectivity index (χ2n) is 9.20. The average molecular weight is 526 g/mol. The molecule has 0 fully saturated rings. The molecule has 39 heavy (non-hydrogen) atoms. The van der Waals surface area contributed by atoms with E-state index in [1.54, 1.807) is 50.6 Å². The fourth-order valence-corrected chi connectivity index (χ4v) is 4.72. The molecule has 0 radical (unpaired) electrons. The average Bonchev–Trinajstić information content (AvgIpc) is 3.19. The van der Waals surface area contributed by atoms with Gasteiger partial charge in [0.2, 0.25) is 0 Å². The number of fused-ring (bicyclic) bond motifs is 1. The van der Waals surface area contributed by atoms with E-state index in [2.05, 4.69) is 4.98 Å². The summed E-state index contributed by atoms with van der Waals surface area (Å²) in [5.74, 6) is 0.147. The maximum atomic E-state index is 15.1. The largest absolute Gasteiger partial charge is 0.497 e. The number of methoxy groups -OCH3 is 1. The van der Waals surface area contributed by atoms with Crippen LogP contribution in [0.3, 0.4) is 0 Å². The summed E-state index contributed by atoms with van der Waals surface area (Å²) in [6.07, 6.45) is 2.26. The summed E-state index contributed by atoms with van der Waals surface area (Å²) in [5.41, 5.74) is 2.12. The zero-order valence-corrected chi connectivity index (χ0v) is 22.0. The van der Waals surface area contributed by atoms with Crippen molar-refractivity contribution in [2.45, 2.75) is 33.2 Å². The Morgan fingerprint density at radius 3 is 2.51 bits per heavy atom. The Morgan fingerprint density at radius 2 is 1.79 bits per heavy atom. The molecule has 0 spiro atoms. The zero-order valence-electron chi connectivity index (χ0n) is 22.0. The maximum Gasteiger partial charge on any atom is 0.282 e. The zero-order chi connectivity index (χ0) is 27.5. The highest BCUT2D eigenvalue weighted by atomic mass is 19.1. The monoisotopic (exact) mass is 525 g/mol. The van der Waals surface area contributed by atoms with E-state index in [-0.39, 0.29) is 29.1 Å². The summed E-state index contributed by atoms with van der Waals surface area (Å²) in [6.45, 7) is 4.37. The molecule has 0 unspecified atom stereocenters. The van der Waals surface area contributed by atoms with Gasteiger partial charge in [0.25, 0.3) is 5.56 Å². The van der Waals surface area contributed by atoms with Gasteiger partial charge in [-0.3, -0.25) is 19.3 Å². The van der Waals surface area contributed by atoms with Gasteiger partial charge in [-0.25, -0.2) is 9.07 Å². The van der Waals surface area contributed by atoms with Gasteiger partial charge in [-0.15, -0.1) is 0 Å². The molecule has 0 saturated carbocycles. The molecule has 7 nitrogen and oxygen atoms in total. The van der Waals surface area contributed by atoms with Crippen molar-refractivity contribution in [3.05, 3.63) is 112 Å². The van der Waals surface area contributed by atoms with E-state index in [4.69, 9.17) is 9.47 Å². The van der Waals surface area contributed by atoms with Crippen LogP contribution >= 0.6 is 0 Å². The third-order valence-corrected chi connectivity index (χ3v) is 6.60. The first-order chi connectivity index (χ1) is 18.9. The third-order valence-electron chi connectivity index (χ3n) is 6.60. The number of nitrogens with zero attached hydrogens (tertiary/aromatic N) is 3. The minimum Gasteiger partial charge on any atom is -0.497 e. The highest BCUT2D eigenvalue weighted by molar-refractivity contribution is 5.98. The molecule has 0 bridgehead atoms. The maximum absolute atomic E-state index is 15.1. The topological polar surface area (TPSA) is 75.4 Å². The summed E-state index contributed by atoms with van der Waals surface area (Å²) in [5, 5.41) is 0.707. The standard InChI is InChI=1S/C31H28FN3O4/c1-4-16-34-20(2)30(31(37)35(34)22-8-6-5-7-9-22)27(36)18-21-10-13-29(25(32)17-21)39-28-14-15-33-26-19-23(38-3)11-12-24(26)28/h5-15,17,19H,4,16,18H2,1-3H3. The molecule has 198 valence electrons. The molecule has 5 aromatic rings. The van der Waals surface area contributed by atoms with Gasteiger partial charge in [0.15, 0.2) is 17.3 Å². The number of carbonyl (C=O) groups excluding carboxylic acids is 1. The van der Waals surface area contributed by atoms with Gasteiger partial charge in [0.05, 0.1) is 18.3 Å². The number of hydrogen-bond donors (Lipinski definition) is 0. The molecule has 0 aliphatic rings. The van der Waals surface area contributed by atoms with Crippen LogP contribution in [-0.4, -0.2) is 27.2 Å². The molecule has 0 aliphatic carbocycles. The highest BCUT2D eigenvalue weighted by Gasteiger charge is 2.24. The van der Waals surface area contributed by atoms with Crippen LogP contribution in [0, 0.1) is 12.7 Å². The predicted molar refractivity (Wildman–Crippen MR) is 148 cm³/mol. The lowest BCUT2D eigenvalue weighted by Crippen LogP contribution is -2.24. The molecular formula is C31H28FN3O4. The molecule has 2 heterocycles. The first-order valence-corrected chi connectivity index (χ1v) is 12.7. The Morgan fingerprint density at radius 1 is 1.00 bits per heavy atom. The van der Waals surface area contributed by atoms with Crippen LogP contribution in [0.4, 0.5) is 4.39 Å². The number of ether oxygens (including phenoxy) is 2. The fourth-order valence-electron chi connectivity index (χ4n) is 4.72. The van der Waals surface area contributed by atoms with Gasteiger partial charge in [-0.05, 0) is 61.4 Å². The predicted octanol–water partition coefficient (Wildman–Crippen LogP) is 6.27. The molecule has 0 atom stereocenters. The van der Waals surface area contributed by atoms with Crippen molar-refractivity contribution in [3.63, 3.8) is 0 Å². The lowest BCUT2D eigenvalue weighted by atomic mass is 10.0. The number of halogens is 1. The summed E-state index contributed by atoms with van der Waals surface area (Å²) in [7, 11) is 1.57. The van der Waals surface area contributed by atoms with Crippen LogP contribution < -0.4 is 15.0 Å². The summed E-state index contributed by atoms with van der Waals surface area (Å²) in [6, 6.07) is 20.6. The van der Waals surface area contributed by atoms with Gasteiger partial charge >= 0.3 is 0 Å². The molecule has 3 aromatic carbocycles. The van der Waals surface area contributed by atoms with Gasteiger partial charge in [-0.1, -0.05) is 31.2 Å². The first-order valence-electron chi connectivity index (χ1n) is 12.7. The molecule has 5 rings (SSSR count). The van der Waals surface area contributed by atoms with E-state index in [0.29, 0.717) is 45.9 Å². The minimum absolute atomic E-state index is 0.0197. The van der Waals surface area contributed by atoms with E-state index in [1.807, 2.05) is 41.9 Å². The summed E-state index contributed by atoms with van der Waals surface area (Å²) < 4.78 is 29.6. The second kappa shape index (κ2) is 10.9. The smallest absolute Gasteiger partial charge is 0.282 e. The van der Waals surface area contributed by atoms with Crippen molar-refractivity contribution in [2.24, 2.45) is 0 Å². The van der Waals surface area contributed by atoms with Gasteiger partial charge in [0, 0.05) is 36.3 Å². The van der Waals surface area contributed by atoms with Crippen LogP contribution in [0.2, 0.25) is 0 Å². The number of para-hydroxylation sites is 1. The molecule has 8 heteroatoms. The van der Waals surface area contributed by atoms with Gasteiger partial charge in [0.1, 0.15) is 17.1 Å². The molecule has 0 amide bonds. The van der Waals surface area contributed by atoms with Gasteiger partial charge < -0.3 is 9.47 Å². The number of rotatable bonds is 9. The number of aromatic nitrogens is 3. The van der Waals surface area contributed by atoms with Crippen LogP contribution in [-0.2, 0) is 13.0 Å². The Labute approximate surface area is 225 Å². The Hall–Kier alpha value is -4.72. The Kier molecular flexibility index (Phi) is 7.27. The van der Waals surface area contributed by atoms with Crippen LogP contribution in [0.25, 0.3) is 16.6 Å². The fraction of sp³-hybridized carbons (Fsp3) is 0.194. The molecule has 0 N–H and O–H groups in total. The molecule has 0 saturated heterocycles. The van der Waals surface area contributed by atoms with E-state index in [0.717, 1.165) is 6.42 Å². The van der Waals surface area contributed by atoms with E-state index in [1.165, 1.54) is 16.8 Å². The van der Waals surface area contributed by atoms with E-state index < -0.39 is 5.82 Å². The van der Waals surface area contributed by atoms with Gasteiger partial charge in [-0.2, -0.15) is 0 Å². The number of Topliss-reactive ketones (excluding diaryl/α,β-unsaturated/α-hetero) is 1. The number of ketones is 1. The first kappa shape index (κ1) is 25.9. The second-order valence-corrected chi connectivity index (χ2v) is 9.20. The van der Waals surface area contributed by atoms with Crippen LogP contribution in [0.15, 0.2) is 83.8 Å². The van der Waals surface area contributed by atoms with Crippen LogP contribution in [0.1, 0.15) is 35.0 Å². The van der Waals surface area contributed by atoms with Crippen molar-refractivity contribution in [1.29, 1.82) is 0 Å². The Balaban J connectivity index is 1.41. The molecule has 2 aromatic heterocycles. The van der Waals surface area contributed by atoms with E-state index in [9.17, 15) is 9.59 Å². The number of hydrogen-bond acceptors (Lipinski definition) is 5. The van der Waals surface area contributed by atoms with Crippen molar-refractivity contribution in [3.8, 4) is 22.9 Å². The lowest BCUT2D eigenvalue weighted by molar-refractivity contribution is 0.0991.